The molecule has 2 atom stereocenters. The van der Waals surface area contributed by atoms with Crippen molar-refractivity contribution in [1.82, 2.24) is 15.4 Å². The second kappa shape index (κ2) is 16.1. The molecule has 0 saturated heterocycles. The van der Waals surface area contributed by atoms with Crippen LogP contribution in [0, 0.1) is 5.82 Å². The number of hydroxylamine groups is 1. The van der Waals surface area contributed by atoms with Crippen LogP contribution in [-0.2, 0) is 14.4 Å². The van der Waals surface area contributed by atoms with Gasteiger partial charge in [-0.15, -0.1) is 0 Å². The van der Waals surface area contributed by atoms with Crippen LogP contribution in [0.3, 0.4) is 0 Å². The van der Waals surface area contributed by atoms with E-state index >= 15 is 0 Å². The summed E-state index contributed by atoms with van der Waals surface area (Å²) in [6.07, 6.45) is -0.717. The van der Waals surface area contributed by atoms with Gasteiger partial charge in [0.2, 0.25) is 5.91 Å². The molecule has 0 radical (unpaired) electrons. The van der Waals surface area contributed by atoms with E-state index in [1.165, 1.54) is 18.5 Å². The number of aliphatic hydroxyl groups excluding tert-OH is 2. The predicted molar refractivity (Wildman–Crippen MR) is 142 cm³/mol. The van der Waals surface area contributed by atoms with Gasteiger partial charge < -0.3 is 35.2 Å². The fraction of sp³-hybridized carbons (Fsp3) is 0.320. The SMILES string of the molecule is COc1cc2ncnc(Nc3ccc(F)c(Cl)c3)c2cc1OCCCCCC(=O)NO.O=C(O)C(O)C(O)C(=O)O. The molecule has 1 aromatic heterocycles. The van der Waals surface area contributed by atoms with E-state index in [2.05, 4.69) is 15.3 Å². The van der Waals surface area contributed by atoms with Crippen LogP contribution < -0.4 is 20.3 Å². The van der Waals surface area contributed by atoms with E-state index in [0.717, 1.165) is 12.8 Å². The molecule has 7 N–H and O–H groups in total. The average Bonchev–Trinajstić information content (AvgIpc) is 2.95. The van der Waals surface area contributed by atoms with Crippen molar-refractivity contribution in [3.63, 3.8) is 0 Å². The number of halogens is 2. The van der Waals surface area contributed by atoms with Crippen LogP contribution in [-0.4, -0.2) is 79.4 Å². The molecular formula is C25H28ClFN4O10. The zero-order chi connectivity index (χ0) is 30.5. The van der Waals surface area contributed by atoms with Gasteiger partial charge in [0.05, 0.1) is 24.3 Å². The molecule has 222 valence electrons. The van der Waals surface area contributed by atoms with E-state index in [4.69, 9.17) is 46.7 Å². The van der Waals surface area contributed by atoms with Crippen LogP contribution in [0.2, 0.25) is 5.02 Å². The number of hydrogen-bond donors (Lipinski definition) is 7. The van der Waals surface area contributed by atoms with Crippen molar-refractivity contribution >= 4 is 51.9 Å². The van der Waals surface area contributed by atoms with Gasteiger partial charge in [-0.05, 0) is 43.5 Å². The Morgan fingerprint density at radius 3 is 2.27 bits per heavy atom. The number of aliphatic carboxylic acids is 2. The molecule has 0 bridgehead atoms. The molecule has 0 aliphatic carbocycles. The van der Waals surface area contributed by atoms with Gasteiger partial charge in [0, 0.05) is 23.6 Å². The maximum Gasteiger partial charge on any atom is 0.335 e. The number of amides is 1. The normalized spacial score (nSPS) is 12.0. The van der Waals surface area contributed by atoms with E-state index in [-0.39, 0.29) is 11.4 Å². The minimum Gasteiger partial charge on any atom is -0.493 e. The van der Waals surface area contributed by atoms with E-state index in [9.17, 15) is 18.8 Å². The zero-order valence-corrected chi connectivity index (χ0v) is 22.3. The number of anilines is 2. The lowest BCUT2D eigenvalue weighted by Crippen LogP contribution is -2.39. The van der Waals surface area contributed by atoms with Crippen LogP contribution >= 0.6 is 11.6 Å². The maximum atomic E-state index is 13.4. The molecule has 0 saturated carbocycles. The van der Waals surface area contributed by atoms with Crippen LogP contribution in [0.15, 0.2) is 36.7 Å². The molecule has 41 heavy (non-hydrogen) atoms. The number of carboxylic acids is 2. The summed E-state index contributed by atoms with van der Waals surface area (Å²) in [5, 5.41) is 44.8. The summed E-state index contributed by atoms with van der Waals surface area (Å²) in [5.74, 6) is -2.88. The van der Waals surface area contributed by atoms with Gasteiger partial charge in [0.1, 0.15) is 18.0 Å². The average molecular weight is 599 g/mol. The smallest absolute Gasteiger partial charge is 0.335 e. The number of rotatable bonds is 13. The number of benzene rings is 2. The molecule has 2 unspecified atom stereocenters. The number of methoxy groups -OCH3 is 1. The fourth-order valence-corrected chi connectivity index (χ4v) is 3.40. The minimum atomic E-state index is -2.27. The Morgan fingerprint density at radius 1 is 1.00 bits per heavy atom. The molecular weight excluding hydrogens is 571 g/mol. The fourth-order valence-electron chi connectivity index (χ4n) is 3.22. The van der Waals surface area contributed by atoms with Gasteiger partial charge >= 0.3 is 11.9 Å². The van der Waals surface area contributed by atoms with Crippen LogP contribution in [0.25, 0.3) is 10.9 Å². The maximum absolute atomic E-state index is 13.4. The first-order chi connectivity index (χ1) is 19.5. The summed E-state index contributed by atoms with van der Waals surface area (Å²) in [7, 11) is 1.54. The van der Waals surface area contributed by atoms with Crippen molar-refractivity contribution in [2.75, 3.05) is 19.0 Å². The lowest BCUT2D eigenvalue weighted by atomic mass is 10.2. The number of fused-ring (bicyclic) bond motifs is 1. The molecule has 0 aliphatic rings. The van der Waals surface area contributed by atoms with Crippen molar-refractivity contribution in [2.24, 2.45) is 0 Å². The molecule has 3 aromatic rings. The first kappa shape index (κ1) is 32.9. The number of ether oxygens (including phenoxy) is 2. The number of carboxylic acid groups (broad SMARTS) is 2. The molecule has 1 heterocycles. The number of carbonyl (C=O) groups excluding carboxylic acids is 1. The summed E-state index contributed by atoms with van der Waals surface area (Å²) in [6, 6.07) is 7.84. The Labute approximate surface area is 237 Å². The number of hydrogen-bond acceptors (Lipinski definition) is 11. The third-order valence-corrected chi connectivity index (χ3v) is 5.63. The van der Waals surface area contributed by atoms with Gasteiger partial charge in [-0.2, -0.15) is 0 Å². The van der Waals surface area contributed by atoms with Gasteiger partial charge in [-0.1, -0.05) is 11.6 Å². The monoisotopic (exact) mass is 598 g/mol. The van der Waals surface area contributed by atoms with Crippen molar-refractivity contribution in [2.45, 2.75) is 37.9 Å². The van der Waals surface area contributed by atoms with Gasteiger partial charge in [0.15, 0.2) is 23.7 Å². The Hall–Kier alpha value is -4.31. The predicted octanol–water partition coefficient (Wildman–Crippen LogP) is 2.50. The van der Waals surface area contributed by atoms with Gasteiger partial charge in [-0.25, -0.2) is 29.4 Å². The van der Waals surface area contributed by atoms with Crippen molar-refractivity contribution in [1.29, 1.82) is 0 Å². The Kier molecular flexibility index (Phi) is 12.9. The number of aliphatic hydroxyl groups is 2. The molecule has 0 spiro atoms. The van der Waals surface area contributed by atoms with Gasteiger partial charge in [0.25, 0.3) is 0 Å². The second-order valence-corrected chi connectivity index (χ2v) is 8.66. The highest BCUT2D eigenvalue weighted by atomic mass is 35.5. The number of nitrogens with one attached hydrogen (secondary N) is 2. The van der Waals surface area contributed by atoms with E-state index in [1.54, 1.807) is 30.8 Å². The molecule has 14 nitrogen and oxygen atoms in total. The number of nitrogens with zero attached hydrogens (tertiary/aromatic N) is 2. The highest BCUT2D eigenvalue weighted by Crippen LogP contribution is 2.35. The van der Waals surface area contributed by atoms with E-state index < -0.39 is 35.9 Å². The van der Waals surface area contributed by atoms with Crippen molar-refractivity contribution < 1.29 is 53.9 Å². The molecule has 16 heteroatoms. The molecule has 3 rings (SSSR count). The standard InChI is InChI=1S/C21H22ClFN4O4.C4H6O6/c1-30-18-11-17-14(10-19(18)31-8-4-2-3-5-20(28)27-29)21(25-12-24-17)26-13-6-7-16(23)15(22)9-13;5-1(3(7)8)2(6)4(9)10/h6-7,9-12,29H,2-5,8H2,1H3,(H,27,28)(H,24,25,26);1-2,5-6H,(H,7,8)(H,9,10). The Morgan fingerprint density at radius 2 is 1.68 bits per heavy atom. The van der Waals surface area contributed by atoms with Crippen molar-refractivity contribution in [3.05, 3.63) is 47.5 Å². The molecule has 1 amide bonds. The van der Waals surface area contributed by atoms with E-state index in [1.807, 2.05) is 0 Å². The van der Waals surface area contributed by atoms with Crippen LogP contribution in [0.4, 0.5) is 15.9 Å². The number of aromatic nitrogens is 2. The summed E-state index contributed by atoms with van der Waals surface area (Å²) in [6.45, 7) is 0.423. The quantitative estimate of drug-likeness (QED) is 0.0854. The topological polar surface area (TPSA) is 221 Å². The minimum absolute atomic E-state index is 0.00511. The highest BCUT2D eigenvalue weighted by molar-refractivity contribution is 6.31. The Bertz CT molecular complexity index is 1350. The third kappa shape index (κ3) is 9.99. The largest absolute Gasteiger partial charge is 0.493 e. The summed E-state index contributed by atoms with van der Waals surface area (Å²) < 4.78 is 24.7. The van der Waals surface area contributed by atoms with Crippen LogP contribution in [0.5, 0.6) is 11.5 Å². The molecule has 0 aliphatic heterocycles. The third-order valence-electron chi connectivity index (χ3n) is 5.34. The first-order valence-corrected chi connectivity index (χ1v) is 12.3. The Balaban J connectivity index is 0.000000503. The summed E-state index contributed by atoms with van der Waals surface area (Å²) >= 11 is 5.86. The molecule has 2 aromatic carbocycles. The highest BCUT2D eigenvalue weighted by Gasteiger charge is 2.29. The summed E-state index contributed by atoms with van der Waals surface area (Å²) in [4.78, 5) is 39.1. The zero-order valence-electron chi connectivity index (χ0n) is 21.6. The summed E-state index contributed by atoms with van der Waals surface area (Å²) in [5.41, 5.74) is 2.84. The first-order valence-electron chi connectivity index (χ1n) is 11.9. The number of unbranched alkanes of at least 4 members (excludes halogenated alkanes) is 2. The number of carbonyl (C=O) groups is 3. The van der Waals surface area contributed by atoms with E-state index in [0.29, 0.717) is 46.9 Å². The van der Waals surface area contributed by atoms with Crippen LogP contribution in [0.1, 0.15) is 25.7 Å². The van der Waals surface area contributed by atoms with Gasteiger partial charge in [-0.3, -0.25) is 10.0 Å². The lowest BCUT2D eigenvalue weighted by molar-refractivity contribution is -0.165. The lowest BCUT2D eigenvalue weighted by Gasteiger charge is -2.14. The second-order valence-electron chi connectivity index (χ2n) is 8.26. The van der Waals surface area contributed by atoms with Crippen molar-refractivity contribution in [3.8, 4) is 11.5 Å². The molecule has 0 fully saturated rings.